The molecular weight excluding hydrogens is 202 g/mol. The fourth-order valence-corrected chi connectivity index (χ4v) is 1.46. The number of aromatic nitrogens is 1. The van der Waals surface area contributed by atoms with Gasteiger partial charge >= 0.3 is 0 Å². The van der Waals surface area contributed by atoms with Crippen LogP contribution in [0.3, 0.4) is 0 Å². The summed E-state index contributed by atoms with van der Waals surface area (Å²) >= 11 is 0. The van der Waals surface area contributed by atoms with E-state index >= 15 is 0 Å². The van der Waals surface area contributed by atoms with Crippen LogP contribution in [0.25, 0.3) is 0 Å². The number of aldehydes is 1. The van der Waals surface area contributed by atoms with Gasteiger partial charge in [0.25, 0.3) is 6.43 Å². The van der Waals surface area contributed by atoms with E-state index in [0.717, 1.165) is 5.56 Å². The van der Waals surface area contributed by atoms with Crippen LogP contribution in [0, 0.1) is 0 Å². The van der Waals surface area contributed by atoms with Crippen LogP contribution in [-0.4, -0.2) is 23.4 Å². The fraction of sp³-hybridized carbons (Fsp3) is 0.300. The molecule has 0 fully saturated rings. The monoisotopic (exact) mass is 210 g/mol. The molecule has 0 radical (unpaired) electrons. The van der Waals surface area contributed by atoms with Gasteiger partial charge in [0.2, 0.25) is 0 Å². The zero-order valence-electron chi connectivity index (χ0n) is 7.78. The maximum Gasteiger partial charge on any atom is 0.276 e. The molecule has 2 rings (SSSR count). The van der Waals surface area contributed by atoms with Crippen LogP contribution >= 0.6 is 0 Å². The van der Waals surface area contributed by atoms with Crippen LogP contribution in [0.4, 0.5) is 14.6 Å². The molecule has 15 heavy (non-hydrogen) atoms. The van der Waals surface area contributed by atoms with E-state index in [-0.39, 0.29) is 23.6 Å². The number of carbonyl (C=O) groups excluding carboxylic acids is 1. The highest BCUT2D eigenvalue weighted by atomic mass is 19.3. The number of halogens is 2. The van der Waals surface area contributed by atoms with Gasteiger partial charge in [-0.1, -0.05) is 6.07 Å². The first-order valence-electron chi connectivity index (χ1n) is 4.51. The molecule has 5 heteroatoms. The van der Waals surface area contributed by atoms with E-state index in [2.05, 4.69) is 9.98 Å². The minimum absolute atomic E-state index is 0.155. The summed E-state index contributed by atoms with van der Waals surface area (Å²) in [7, 11) is 0. The van der Waals surface area contributed by atoms with Crippen molar-refractivity contribution < 1.29 is 13.6 Å². The molecule has 0 amide bonds. The molecule has 3 nitrogen and oxygen atoms in total. The van der Waals surface area contributed by atoms with E-state index in [4.69, 9.17) is 0 Å². The standard InChI is InChI=1S/C10H8F2N2O/c11-9(12)8-4-2-6-1-3-7(5-15)13-10(6)14-8/h1,3,5,9H,2,4H2. The van der Waals surface area contributed by atoms with Crippen molar-refractivity contribution in [1.82, 2.24) is 4.98 Å². The van der Waals surface area contributed by atoms with Crippen molar-refractivity contribution in [2.75, 3.05) is 0 Å². The van der Waals surface area contributed by atoms with Crippen molar-refractivity contribution in [1.29, 1.82) is 0 Å². The van der Waals surface area contributed by atoms with Gasteiger partial charge in [-0.3, -0.25) is 4.79 Å². The van der Waals surface area contributed by atoms with Gasteiger partial charge in [-0.05, 0) is 24.5 Å². The lowest BCUT2D eigenvalue weighted by Gasteiger charge is -2.13. The number of alkyl halides is 2. The minimum atomic E-state index is -2.54. The van der Waals surface area contributed by atoms with E-state index in [1.807, 2.05) is 0 Å². The van der Waals surface area contributed by atoms with Gasteiger partial charge in [0.1, 0.15) is 5.69 Å². The van der Waals surface area contributed by atoms with Gasteiger partial charge < -0.3 is 0 Å². The first-order valence-corrected chi connectivity index (χ1v) is 4.51. The molecule has 0 spiro atoms. The molecule has 0 aromatic carbocycles. The maximum atomic E-state index is 12.4. The highest BCUT2D eigenvalue weighted by molar-refractivity contribution is 5.91. The highest BCUT2D eigenvalue weighted by Crippen LogP contribution is 2.25. The van der Waals surface area contributed by atoms with Gasteiger partial charge in [-0.15, -0.1) is 0 Å². The molecule has 0 saturated heterocycles. The summed E-state index contributed by atoms with van der Waals surface area (Å²) < 4.78 is 24.7. The Bertz CT molecular complexity index is 429. The van der Waals surface area contributed by atoms with E-state index in [1.54, 1.807) is 12.1 Å². The number of aliphatic imine (C=N–C) groups is 1. The van der Waals surface area contributed by atoms with Crippen molar-refractivity contribution >= 4 is 17.8 Å². The topological polar surface area (TPSA) is 42.3 Å². The van der Waals surface area contributed by atoms with Gasteiger partial charge in [0.15, 0.2) is 12.1 Å². The largest absolute Gasteiger partial charge is 0.296 e. The van der Waals surface area contributed by atoms with Gasteiger partial charge in [0, 0.05) is 0 Å². The Morgan fingerprint density at radius 3 is 2.80 bits per heavy atom. The summed E-state index contributed by atoms with van der Waals surface area (Å²) in [6.45, 7) is 0. The number of carbonyl (C=O) groups is 1. The zero-order valence-corrected chi connectivity index (χ0v) is 7.78. The van der Waals surface area contributed by atoms with Crippen LogP contribution in [0.5, 0.6) is 0 Å². The number of aryl methyl sites for hydroxylation is 1. The van der Waals surface area contributed by atoms with Crippen molar-refractivity contribution in [2.24, 2.45) is 4.99 Å². The summed E-state index contributed by atoms with van der Waals surface area (Å²) in [6, 6.07) is 3.27. The molecule has 0 atom stereocenters. The van der Waals surface area contributed by atoms with Crippen molar-refractivity contribution in [3.63, 3.8) is 0 Å². The summed E-state index contributed by atoms with van der Waals surface area (Å²) in [5, 5.41) is 0. The Morgan fingerprint density at radius 2 is 2.13 bits per heavy atom. The molecule has 0 N–H and O–H groups in total. The molecule has 1 aliphatic rings. The Hall–Kier alpha value is -1.65. The Kier molecular flexibility index (Phi) is 2.53. The third-order valence-electron chi connectivity index (χ3n) is 2.25. The zero-order chi connectivity index (χ0) is 10.8. The predicted molar refractivity (Wildman–Crippen MR) is 51.0 cm³/mol. The smallest absolute Gasteiger partial charge is 0.276 e. The van der Waals surface area contributed by atoms with Crippen molar-refractivity contribution in [2.45, 2.75) is 19.3 Å². The first-order chi connectivity index (χ1) is 7.20. The third-order valence-corrected chi connectivity index (χ3v) is 2.25. The number of nitrogens with zero attached hydrogens (tertiary/aromatic N) is 2. The second-order valence-electron chi connectivity index (χ2n) is 3.24. The molecule has 78 valence electrons. The molecule has 0 bridgehead atoms. The van der Waals surface area contributed by atoms with E-state index in [1.165, 1.54) is 0 Å². The average molecular weight is 210 g/mol. The summed E-state index contributed by atoms with van der Waals surface area (Å²) in [5.41, 5.74) is 0.871. The molecule has 1 aromatic rings. The normalized spacial score (nSPS) is 14.7. The fourth-order valence-electron chi connectivity index (χ4n) is 1.46. The lowest BCUT2D eigenvalue weighted by Crippen LogP contribution is -2.15. The second kappa shape index (κ2) is 3.84. The molecule has 0 aliphatic carbocycles. The summed E-state index contributed by atoms with van der Waals surface area (Å²) in [6.07, 6.45) is -1.20. The minimum Gasteiger partial charge on any atom is -0.296 e. The van der Waals surface area contributed by atoms with Gasteiger partial charge in [-0.2, -0.15) is 0 Å². The van der Waals surface area contributed by atoms with Crippen molar-refractivity contribution in [3.05, 3.63) is 23.4 Å². The van der Waals surface area contributed by atoms with Crippen LogP contribution in [0.15, 0.2) is 17.1 Å². The quantitative estimate of drug-likeness (QED) is 0.702. The summed E-state index contributed by atoms with van der Waals surface area (Å²) in [4.78, 5) is 18.1. The lowest BCUT2D eigenvalue weighted by atomic mass is 10.0. The molecule has 0 unspecified atom stereocenters. The number of hydrogen-bond acceptors (Lipinski definition) is 3. The molecule has 2 heterocycles. The average Bonchev–Trinajstić information content (AvgIpc) is 2.27. The van der Waals surface area contributed by atoms with E-state index in [0.29, 0.717) is 12.7 Å². The van der Waals surface area contributed by atoms with Gasteiger partial charge in [0.05, 0.1) is 5.71 Å². The highest BCUT2D eigenvalue weighted by Gasteiger charge is 2.19. The van der Waals surface area contributed by atoms with E-state index in [9.17, 15) is 13.6 Å². The summed E-state index contributed by atoms with van der Waals surface area (Å²) in [5.74, 6) is 0.251. The SMILES string of the molecule is O=Cc1ccc2c(n1)N=C(C(F)F)CC2. The Balaban J connectivity index is 2.43. The second-order valence-corrected chi connectivity index (χ2v) is 3.24. The van der Waals surface area contributed by atoms with Crippen LogP contribution in [0.2, 0.25) is 0 Å². The van der Waals surface area contributed by atoms with Crippen molar-refractivity contribution in [3.8, 4) is 0 Å². The number of rotatable bonds is 2. The first kappa shape index (κ1) is 9.89. The number of hydrogen-bond donors (Lipinski definition) is 0. The van der Waals surface area contributed by atoms with E-state index < -0.39 is 6.43 Å². The molecule has 0 saturated carbocycles. The Morgan fingerprint density at radius 1 is 1.33 bits per heavy atom. The van der Waals surface area contributed by atoms with Gasteiger partial charge in [-0.25, -0.2) is 18.8 Å². The van der Waals surface area contributed by atoms with Crippen LogP contribution in [-0.2, 0) is 6.42 Å². The maximum absolute atomic E-state index is 12.4. The number of pyridine rings is 1. The molecule has 1 aromatic heterocycles. The predicted octanol–water partition coefficient (Wildman–Crippen LogP) is 2.18. The number of fused-ring (bicyclic) bond motifs is 1. The molecular formula is C10H8F2N2O. The van der Waals surface area contributed by atoms with Crippen LogP contribution < -0.4 is 0 Å². The molecule has 1 aliphatic heterocycles. The van der Waals surface area contributed by atoms with Crippen LogP contribution in [0.1, 0.15) is 22.5 Å². The Labute approximate surface area is 84.9 Å². The third kappa shape index (κ3) is 1.91. The lowest BCUT2D eigenvalue weighted by molar-refractivity contribution is 0.111.